The largest absolute Gasteiger partial charge is 0.330 e. The number of hydrogen-bond acceptors (Lipinski definition) is 3. The minimum absolute atomic E-state index is 0.0396. The summed E-state index contributed by atoms with van der Waals surface area (Å²) in [6, 6.07) is 0.0396. The van der Waals surface area contributed by atoms with Crippen LogP contribution in [0, 0.1) is 13.8 Å². The highest BCUT2D eigenvalue weighted by Gasteiger charge is 2.26. The van der Waals surface area contributed by atoms with Crippen molar-refractivity contribution < 1.29 is 4.79 Å². The van der Waals surface area contributed by atoms with Gasteiger partial charge in [0.25, 0.3) is 5.91 Å². The fourth-order valence-electron chi connectivity index (χ4n) is 2.66. The predicted octanol–water partition coefficient (Wildman–Crippen LogP) is 2.96. The normalized spacial score (nSPS) is 11.3. The van der Waals surface area contributed by atoms with E-state index in [2.05, 4.69) is 10.2 Å². The van der Waals surface area contributed by atoms with Crippen LogP contribution in [0.3, 0.4) is 0 Å². The summed E-state index contributed by atoms with van der Waals surface area (Å²) in [5.41, 5.74) is 3.53. The molecule has 0 atom stereocenters. The third-order valence-corrected chi connectivity index (χ3v) is 4.45. The minimum Gasteiger partial charge on any atom is -0.330 e. The van der Waals surface area contributed by atoms with Crippen LogP contribution in [0.1, 0.15) is 48.2 Å². The highest BCUT2D eigenvalue weighted by atomic mass is 35.5. The quantitative estimate of drug-likeness (QED) is 0.842. The van der Waals surface area contributed by atoms with Crippen molar-refractivity contribution in [1.82, 2.24) is 24.5 Å². The van der Waals surface area contributed by atoms with Crippen LogP contribution in [0.15, 0.2) is 6.20 Å². The average molecular weight is 338 g/mol. The van der Waals surface area contributed by atoms with E-state index in [4.69, 9.17) is 11.6 Å². The van der Waals surface area contributed by atoms with Gasteiger partial charge in [-0.2, -0.15) is 10.2 Å². The maximum absolute atomic E-state index is 13.0. The standard InChI is InChI=1S/C16H24ClN5O/c1-7-22-15(14(17)8-18-22)16(23)21(10(2)3)9-13-11(4)19-20(6)12(13)5/h8,10H,7,9H2,1-6H3. The molecule has 0 aliphatic carbocycles. The summed E-state index contributed by atoms with van der Waals surface area (Å²) in [5, 5.41) is 8.99. The number of rotatable bonds is 5. The number of carbonyl (C=O) groups is 1. The Morgan fingerprint density at radius 2 is 2.04 bits per heavy atom. The molecule has 2 aromatic heterocycles. The Balaban J connectivity index is 2.39. The highest BCUT2D eigenvalue weighted by Crippen LogP contribution is 2.22. The zero-order chi connectivity index (χ0) is 17.3. The molecule has 1 amide bonds. The van der Waals surface area contributed by atoms with Crippen LogP contribution in [0.25, 0.3) is 0 Å². The van der Waals surface area contributed by atoms with Crippen LogP contribution >= 0.6 is 11.6 Å². The van der Waals surface area contributed by atoms with E-state index in [1.165, 1.54) is 6.20 Å². The Morgan fingerprint density at radius 3 is 2.52 bits per heavy atom. The first-order chi connectivity index (χ1) is 10.8. The number of hydrogen-bond donors (Lipinski definition) is 0. The van der Waals surface area contributed by atoms with Gasteiger partial charge in [0.2, 0.25) is 0 Å². The SMILES string of the molecule is CCn1ncc(Cl)c1C(=O)N(Cc1c(C)nn(C)c1C)C(C)C. The molecule has 0 spiro atoms. The molecular weight excluding hydrogens is 314 g/mol. The lowest BCUT2D eigenvalue weighted by atomic mass is 10.1. The molecule has 2 rings (SSSR count). The molecule has 2 aromatic rings. The molecule has 0 saturated carbocycles. The summed E-state index contributed by atoms with van der Waals surface area (Å²) in [6.07, 6.45) is 1.53. The molecule has 0 bridgehead atoms. The summed E-state index contributed by atoms with van der Waals surface area (Å²) >= 11 is 6.19. The summed E-state index contributed by atoms with van der Waals surface area (Å²) in [7, 11) is 1.91. The molecule has 0 aliphatic rings. The van der Waals surface area contributed by atoms with Crippen molar-refractivity contribution in [2.24, 2.45) is 7.05 Å². The van der Waals surface area contributed by atoms with Crippen molar-refractivity contribution in [3.05, 3.63) is 33.9 Å². The molecule has 6 nitrogen and oxygen atoms in total. The van der Waals surface area contributed by atoms with E-state index < -0.39 is 0 Å². The zero-order valence-corrected chi connectivity index (χ0v) is 15.3. The molecule has 0 saturated heterocycles. The second-order valence-electron chi connectivity index (χ2n) is 5.96. The maximum Gasteiger partial charge on any atom is 0.274 e. The third-order valence-electron chi connectivity index (χ3n) is 4.17. The van der Waals surface area contributed by atoms with Crippen molar-refractivity contribution in [1.29, 1.82) is 0 Å². The minimum atomic E-state index is -0.105. The Labute approximate surface area is 142 Å². The monoisotopic (exact) mass is 337 g/mol. The van der Waals surface area contributed by atoms with E-state index in [-0.39, 0.29) is 11.9 Å². The number of nitrogens with zero attached hydrogens (tertiary/aromatic N) is 5. The zero-order valence-electron chi connectivity index (χ0n) is 14.6. The van der Waals surface area contributed by atoms with Gasteiger partial charge in [-0.1, -0.05) is 11.6 Å². The molecule has 126 valence electrons. The van der Waals surface area contributed by atoms with Gasteiger partial charge in [-0.15, -0.1) is 0 Å². The van der Waals surface area contributed by atoms with Crippen LogP contribution in [-0.4, -0.2) is 36.4 Å². The van der Waals surface area contributed by atoms with Crippen molar-refractivity contribution in [2.45, 2.75) is 53.8 Å². The van der Waals surface area contributed by atoms with E-state index in [9.17, 15) is 4.79 Å². The maximum atomic E-state index is 13.0. The molecule has 23 heavy (non-hydrogen) atoms. The van der Waals surface area contributed by atoms with Crippen molar-refractivity contribution in [3.8, 4) is 0 Å². The molecule has 0 aliphatic heterocycles. The number of carbonyl (C=O) groups excluding carboxylic acids is 1. The van der Waals surface area contributed by atoms with E-state index in [0.29, 0.717) is 23.8 Å². The molecule has 0 aromatic carbocycles. The third kappa shape index (κ3) is 3.27. The van der Waals surface area contributed by atoms with Gasteiger partial charge in [-0.3, -0.25) is 14.2 Å². The second-order valence-corrected chi connectivity index (χ2v) is 6.36. The fourth-order valence-corrected chi connectivity index (χ4v) is 2.88. The molecule has 0 radical (unpaired) electrons. The van der Waals surface area contributed by atoms with Gasteiger partial charge in [-0.25, -0.2) is 0 Å². The molecule has 2 heterocycles. The Hall–Kier alpha value is -1.82. The van der Waals surface area contributed by atoms with Gasteiger partial charge < -0.3 is 4.90 Å². The van der Waals surface area contributed by atoms with E-state index >= 15 is 0 Å². The number of halogens is 1. The Kier molecular flexibility index (Phi) is 5.14. The molecule has 7 heteroatoms. The lowest BCUT2D eigenvalue weighted by Crippen LogP contribution is -2.38. The van der Waals surface area contributed by atoms with E-state index in [0.717, 1.165) is 17.0 Å². The lowest BCUT2D eigenvalue weighted by molar-refractivity contribution is 0.0677. The topological polar surface area (TPSA) is 56.0 Å². The predicted molar refractivity (Wildman–Crippen MR) is 90.6 cm³/mol. The van der Waals surface area contributed by atoms with Crippen LogP contribution in [0.5, 0.6) is 0 Å². The van der Waals surface area contributed by atoms with Crippen LogP contribution < -0.4 is 0 Å². The summed E-state index contributed by atoms with van der Waals surface area (Å²) in [4.78, 5) is 14.8. The Bertz CT molecular complexity index is 716. The fraction of sp³-hybridized carbons (Fsp3) is 0.562. The van der Waals surface area contributed by atoms with Gasteiger partial charge in [0.1, 0.15) is 5.69 Å². The van der Waals surface area contributed by atoms with E-state index in [1.807, 2.05) is 51.2 Å². The van der Waals surface area contributed by atoms with Gasteiger partial charge >= 0.3 is 0 Å². The Morgan fingerprint density at radius 1 is 1.39 bits per heavy atom. The lowest BCUT2D eigenvalue weighted by Gasteiger charge is -2.27. The van der Waals surface area contributed by atoms with Crippen molar-refractivity contribution in [2.75, 3.05) is 0 Å². The average Bonchev–Trinajstić information content (AvgIpc) is 2.97. The van der Waals surface area contributed by atoms with Gasteiger partial charge in [0, 0.05) is 37.4 Å². The van der Waals surface area contributed by atoms with Crippen molar-refractivity contribution >= 4 is 17.5 Å². The number of aromatic nitrogens is 4. The first kappa shape index (κ1) is 17.5. The number of amides is 1. The van der Waals surface area contributed by atoms with Gasteiger partial charge in [0.05, 0.1) is 16.9 Å². The molecule has 0 fully saturated rings. The molecular formula is C16H24ClN5O. The first-order valence-corrected chi connectivity index (χ1v) is 8.17. The first-order valence-electron chi connectivity index (χ1n) is 7.79. The smallest absolute Gasteiger partial charge is 0.274 e. The van der Waals surface area contributed by atoms with E-state index in [1.54, 1.807) is 4.68 Å². The van der Waals surface area contributed by atoms with Crippen LogP contribution in [0.2, 0.25) is 5.02 Å². The highest BCUT2D eigenvalue weighted by molar-refractivity contribution is 6.33. The van der Waals surface area contributed by atoms with Gasteiger partial charge in [0.15, 0.2) is 0 Å². The summed E-state index contributed by atoms with van der Waals surface area (Å²) < 4.78 is 3.49. The molecule has 0 N–H and O–H groups in total. The molecule has 0 unspecified atom stereocenters. The van der Waals surface area contributed by atoms with Crippen LogP contribution in [0.4, 0.5) is 0 Å². The second kappa shape index (κ2) is 6.74. The van der Waals surface area contributed by atoms with Crippen molar-refractivity contribution in [3.63, 3.8) is 0 Å². The number of aryl methyl sites for hydroxylation is 3. The summed E-state index contributed by atoms with van der Waals surface area (Å²) in [5.74, 6) is -0.105. The van der Waals surface area contributed by atoms with Gasteiger partial charge in [-0.05, 0) is 34.6 Å². The summed E-state index contributed by atoms with van der Waals surface area (Å²) in [6.45, 7) is 11.0. The van der Waals surface area contributed by atoms with Crippen LogP contribution in [-0.2, 0) is 20.1 Å².